The van der Waals surface area contributed by atoms with Crippen molar-refractivity contribution in [2.75, 3.05) is 40.1 Å². The maximum atomic E-state index is 12.1. The van der Waals surface area contributed by atoms with E-state index >= 15 is 0 Å². The average Bonchev–Trinajstić information content (AvgIpc) is 2.83. The summed E-state index contributed by atoms with van der Waals surface area (Å²) in [4.78, 5) is 12.1. The van der Waals surface area contributed by atoms with E-state index in [-0.39, 0.29) is 30.5 Å². The molecule has 1 amide bonds. The van der Waals surface area contributed by atoms with Gasteiger partial charge in [-0.1, -0.05) is 6.92 Å². The molecular formula is C12H24N2O4. The van der Waals surface area contributed by atoms with Gasteiger partial charge < -0.3 is 25.2 Å². The van der Waals surface area contributed by atoms with E-state index in [0.717, 1.165) is 6.54 Å². The van der Waals surface area contributed by atoms with Crippen LogP contribution in [0.1, 0.15) is 13.3 Å². The van der Waals surface area contributed by atoms with Gasteiger partial charge in [-0.05, 0) is 13.0 Å². The molecule has 1 heterocycles. The highest BCUT2D eigenvalue weighted by atomic mass is 16.5. The Kier molecular flexibility index (Phi) is 7.19. The first-order valence-corrected chi connectivity index (χ1v) is 6.44. The Morgan fingerprint density at radius 2 is 2.33 bits per heavy atom. The molecule has 1 fully saturated rings. The molecule has 1 aliphatic heterocycles. The van der Waals surface area contributed by atoms with Gasteiger partial charge in [0.25, 0.3) is 0 Å². The van der Waals surface area contributed by atoms with Crippen LogP contribution in [-0.4, -0.2) is 63.2 Å². The van der Waals surface area contributed by atoms with Crippen LogP contribution in [0.15, 0.2) is 0 Å². The Bertz CT molecular complexity index is 250. The molecule has 1 rings (SSSR count). The third-order valence-electron chi connectivity index (χ3n) is 3.12. The van der Waals surface area contributed by atoms with Crippen LogP contribution < -0.4 is 10.6 Å². The van der Waals surface area contributed by atoms with Gasteiger partial charge in [0.15, 0.2) is 0 Å². The summed E-state index contributed by atoms with van der Waals surface area (Å²) in [6.07, 6.45) is 0.609. The quantitative estimate of drug-likeness (QED) is 0.528. The Hall–Kier alpha value is -0.690. The molecule has 3 atom stereocenters. The molecule has 0 spiro atoms. The predicted octanol–water partition coefficient (Wildman–Crippen LogP) is -0.875. The summed E-state index contributed by atoms with van der Waals surface area (Å²) in [6, 6.07) is -0.183. The standard InChI is InChI=1S/C12H24N2O4/c1-3-13-11-8-18-7-10(11)12(16)14-9(6-15)4-5-17-2/h9-11,13,15H,3-8H2,1-2H3,(H,14,16). The maximum absolute atomic E-state index is 12.1. The Labute approximate surface area is 108 Å². The summed E-state index contributed by atoms with van der Waals surface area (Å²) in [6.45, 7) is 4.25. The van der Waals surface area contributed by atoms with Crippen molar-refractivity contribution in [3.8, 4) is 0 Å². The van der Waals surface area contributed by atoms with E-state index in [1.54, 1.807) is 7.11 Å². The molecule has 0 aromatic rings. The summed E-state index contributed by atoms with van der Waals surface area (Å²) in [7, 11) is 1.60. The van der Waals surface area contributed by atoms with E-state index in [0.29, 0.717) is 26.2 Å². The monoisotopic (exact) mass is 260 g/mol. The second-order valence-corrected chi connectivity index (χ2v) is 4.48. The van der Waals surface area contributed by atoms with Crippen molar-refractivity contribution in [1.82, 2.24) is 10.6 Å². The predicted molar refractivity (Wildman–Crippen MR) is 67.3 cm³/mol. The topological polar surface area (TPSA) is 79.8 Å². The lowest BCUT2D eigenvalue weighted by molar-refractivity contribution is -0.126. The van der Waals surface area contributed by atoms with Crippen LogP contribution in [0.5, 0.6) is 0 Å². The molecule has 6 heteroatoms. The van der Waals surface area contributed by atoms with Crippen molar-refractivity contribution < 1.29 is 19.4 Å². The van der Waals surface area contributed by atoms with Crippen molar-refractivity contribution >= 4 is 5.91 Å². The first kappa shape index (κ1) is 15.4. The summed E-state index contributed by atoms with van der Waals surface area (Å²) >= 11 is 0. The minimum absolute atomic E-state index is 0.0615. The molecule has 1 saturated heterocycles. The van der Waals surface area contributed by atoms with Crippen LogP contribution in [0.4, 0.5) is 0 Å². The molecule has 106 valence electrons. The number of carbonyl (C=O) groups excluding carboxylic acids is 1. The van der Waals surface area contributed by atoms with E-state index in [2.05, 4.69) is 10.6 Å². The number of amides is 1. The number of likely N-dealkylation sites (N-methyl/N-ethyl adjacent to an activating group) is 1. The lowest BCUT2D eigenvalue weighted by Gasteiger charge is -2.21. The van der Waals surface area contributed by atoms with Gasteiger partial charge in [-0.15, -0.1) is 0 Å². The zero-order valence-corrected chi connectivity index (χ0v) is 11.1. The van der Waals surface area contributed by atoms with E-state index in [9.17, 15) is 9.90 Å². The van der Waals surface area contributed by atoms with Crippen LogP contribution in [0, 0.1) is 5.92 Å². The van der Waals surface area contributed by atoms with Crippen LogP contribution in [0.3, 0.4) is 0 Å². The fraction of sp³-hybridized carbons (Fsp3) is 0.917. The third-order valence-corrected chi connectivity index (χ3v) is 3.12. The number of rotatable bonds is 8. The zero-order valence-electron chi connectivity index (χ0n) is 11.1. The number of methoxy groups -OCH3 is 1. The molecule has 1 aliphatic rings. The van der Waals surface area contributed by atoms with Crippen molar-refractivity contribution in [2.45, 2.75) is 25.4 Å². The van der Waals surface area contributed by atoms with Crippen molar-refractivity contribution in [3.05, 3.63) is 0 Å². The average molecular weight is 260 g/mol. The smallest absolute Gasteiger partial charge is 0.227 e. The highest BCUT2D eigenvalue weighted by Gasteiger charge is 2.34. The van der Waals surface area contributed by atoms with Gasteiger partial charge in [-0.3, -0.25) is 4.79 Å². The number of hydrogen-bond donors (Lipinski definition) is 3. The summed E-state index contributed by atoms with van der Waals surface area (Å²) in [5.74, 6) is -0.241. The number of hydrogen-bond acceptors (Lipinski definition) is 5. The number of nitrogens with one attached hydrogen (secondary N) is 2. The van der Waals surface area contributed by atoms with E-state index in [4.69, 9.17) is 9.47 Å². The lowest BCUT2D eigenvalue weighted by atomic mass is 10.0. The SMILES string of the molecule is CCNC1COCC1C(=O)NC(CO)CCOC. The largest absolute Gasteiger partial charge is 0.394 e. The third kappa shape index (κ3) is 4.53. The van der Waals surface area contributed by atoms with Gasteiger partial charge in [0, 0.05) is 19.8 Å². The number of aliphatic hydroxyl groups is 1. The van der Waals surface area contributed by atoms with Gasteiger partial charge in [0.1, 0.15) is 0 Å². The molecular weight excluding hydrogens is 236 g/mol. The van der Waals surface area contributed by atoms with Gasteiger partial charge in [-0.25, -0.2) is 0 Å². The molecule has 0 aliphatic carbocycles. The number of carbonyl (C=O) groups is 1. The van der Waals surface area contributed by atoms with Crippen molar-refractivity contribution in [1.29, 1.82) is 0 Å². The molecule has 6 nitrogen and oxygen atoms in total. The Morgan fingerprint density at radius 3 is 2.94 bits per heavy atom. The van der Waals surface area contributed by atoms with Gasteiger partial charge in [0.05, 0.1) is 31.8 Å². The summed E-state index contributed by atoms with van der Waals surface area (Å²) in [5.41, 5.74) is 0. The van der Waals surface area contributed by atoms with Crippen LogP contribution in [0.2, 0.25) is 0 Å². The first-order valence-electron chi connectivity index (χ1n) is 6.44. The molecule has 0 saturated carbocycles. The molecule has 0 bridgehead atoms. The normalized spacial score (nSPS) is 25.1. The van der Waals surface area contributed by atoms with Crippen molar-refractivity contribution in [3.63, 3.8) is 0 Å². The highest BCUT2D eigenvalue weighted by molar-refractivity contribution is 5.80. The lowest BCUT2D eigenvalue weighted by Crippen LogP contribution is -2.48. The summed E-state index contributed by atoms with van der Waals surface area (Å²) in [5, 5.41) is 15.3. The fourth-order valence-corrected chi connectivity index (χ4v) is 2.05. The Balaban J connectivity index is 2.42. The molecule has 3 N–H and O–H groups in total. The highest BCUT2D eigenvalue weighted by Crippen LogP contribution is 2.14. The van der Waals surface area contributed by atoms with Gasteiger partial charge >= 0.3 is 0 Å². The van der Waals surface area contributed by atoms with E-state index in [1.807, 2.05) is 6.92 Å². The Morgan fingerprint density at radius 1 is 1.56 bits per heavy atom. The molecule has 0 aromatic heterocycles. The summed E-state index contributed by atoms with van der Waals surface area (Å²) < 4.78 is 10.3. The van der Waals surface area contributed by atoms with Crippen LogP contribution >= 0.6 is 0 Å². The van der Waals surface area contributed by atoms with Crippen LogP contribution in [0.25, 0.3) is 0 Å². The number of ether oxygens (including phenoxy) is 2. The second kappa shape index (κ2) is 8.42. The minimum Gasteiger partial charge on any atom is -0.394 e. The maximum Gasteiger partial charge on any atom is 0.227 e. The van der Waals surface area contributed by atoms with Crippen molar-refractivity contribution in [2.24, 2.45) is 5.92 Å². The molecule has 0 radical (unpaired) electrons. The zero-order chi connectivity index (χ0) is 13.4. The van der Waals surface area contributed by atoms with E-state index in [1.165, 1.54) is 0 Å². The van der Waals surface area contributed by atoms with Crippen LogP contribution in [-0.2, 0) is 14.3 Å². The first-order chi connectivity index (χ1) is 8.72. The molecule has 18 heavy (non-hydrogen) atoms. The number of aliphatic hydroxyl groups excluding tert-OH is 1. The van der Waals surface area contributed by atoms with Gasteiger partial charge in [0.2, 0.25) is 5.91 Å². The minimum atomic E-state index is -0.250. The second-order valence-electron chi connectivity index (χ2n) is 4.48. The molecule has 3 unspecified atom stereocenters. The molecule has 0 aromatic carbocycles. The fourth-order valence-electron chi connectivity index (χ4n) is 2.05. The van der Waals surface area contributed by atoms with Gasteiger partial charge in [-0.2, -0.15) is 0 Å². The van der Waals surface area contributed by atoms with E-state index < -0.39 is 0 Å².